The normalized spacial score (nSPS) is 24.7. The number of benzene rings is 1. The summed E-state index contributed by atoms with van der Waals surface area (Å²) in [6.07, 6.45) is 4.58. The van der Waals surface area contributed by atoms with Crippen LogP contribution in [-0.4, -0.2) is 49.6 Å². The highest BCUT2D eigenvalue weighted by Gasteiger charge is 2.30. The summed E-state index contributed by atoms with van der Waals surface area (Å²) < 4.78 is 0. The monoisotopic (exact) mass is 343 g/mol. The molecule has 0 unspecified atom stereocenters. The maximum Gasteiger partial charge on any atom is 0.237 e. The van der Waals surface area contributed by atoms with E-state index in [-0.39, 0.29) is 11.9 Å². The average Bonchev–Trinajstić information content (AvgIpc) is 3.09. The second-order valence-electron chi connectivity index (χ2n) is 8.08. The van der Waals surface area contributed by atoms with Gasteiger partial charge in [0.05, 0.1) is 6.04 Å². The van der Waals surface area contributed by atoms with Crippen molar-refractivity contribution in [2.24, 2.45) is 11.8 Å². The van der Waals surface area contributed by atoms with Gasteiger partial charge >= 0.3 is 0 Å². The zero-order valence-electron chi connectivity index (χ0n) is 15.8. The van der Waals surface area contributed by atoms with Gasteiger partial charge < -0.3 is 10.2 Å². The molecule has 0 aromatic heterocycles. The molecule has 0 spiro atoms. The summed E-state index contributed by atoms with van der Waals surface area (Å²) in [6.45, 7) is 9.53. The smallest absolute Gasteiger partial charge is 0.237 e. The average molecular weight is 344 g/mol. The predicted molar refractivity (Wildman–Crippen MR) is 104 cm³/mol. The summed E-state index contributed by atoms with van der Waals surface area (Å²) in [5, 5.41) is 3.26. The first kappa shape index (κ1) is 18.2. The highest BCUT2D eigenvalue weighted by atomic mass is 16.2. The summed E-state index contributed by atoms with van der Waals surface area (Å²) >= 11 is 0. The lowest BCUT2D eigenvalue weighted by Crippen LogP contribution is -2.51. The Labute approximate surface area is 152 Å². The summed E-state index contributed by atoms with van der Waals surface area (Å²) in [6, 6.07) is 10.7. The molecular weight excluding hydrogens is 310 g/mol. The van der Waals surface area contributed by atoms with Crippen molar-refractivity contribution in [1.82, 2.24) is 10.2 Å². The number of hydrogen-bond acceptors (Lipinski definition) is 3. The van der Waals surface area contributed by atoms with Crippen LogP contribution in [-0.2, 0) is 4.79 Å². The number of nitrogens with zero attached hydrogens (tertiary/aromatic N) is 2. The molecule has 1 amide bonds. The van der Waals surface area contributed by atoms with Crippen LogP contribution in [0.5, 0.6) is 0 Å². The fourth-order valence-electron chi connectivity index (χ4n) is 4.21. The highest BCUT2D eigenvalue weighted by molar-refractivity contribution is 5.81. The van der Waals surface area contributed by atoms with Gasteiger partial charge in [-0.1, -0.05) is 38.5 Å². The number of carbonyl (C=O) groups is 1. The van der Waals surface area contributed by atoms with Crippen molar-refractivity contribution in [1.29, 1.82) is 0 Å². The second kappa shape index (κ2) is 8.70. The van der Waals surface area contributed by atoms with Gasteiger partial charge in [0, 0.05) is 31.9 Å². The largest absolute Gasteiger partial charge is 0.371 e. The maximum absolute atomic E-state index is 12.7. The van der Waals surface area contributed by atoms with Crippen molar-refractivity contribution in [3.05, 3.63) is 30.3 Å². The summed E-state index contributed by atoms with van der Waals surface area (Å²) in [5.41, 5.74) is 1.30. The molecule has 3 rings (SSSR count). The quantitative estimate of drug-likeness (QED) is 0.862. The number of carbonyl (C=O) groups excluding carboxylic acids is 1. The Morgan fingerprint density at radius 3 is 2.72 bits per heavy atom. The summed E-state index contributed by atoms with van der Waals surface area (Å²) in [7, 11) is 0. The number of anilines is 1. The van der Waals surface area contributed by atoms with Crippen LogP contribution in [0.15, 0.2) is 30.3 Å². The summed E-state index contributed by atoms with van der Waals surface area (Å²) in [5.74, 6) is 1.42. The zero-order valence-corrected chi connectivity index (χ0v) is 15.8. The Bertz CT molecular complexity index is 545. The maximum atomic E-state index is 12.7. The number of amides is 1. The zero-order chi connectivity index (χ0) is 17.6. The van der Waals surface area contributed by atoms with Crippen molar-refractivity contribution in [3.8, 4) is 0 Å². The molecule has 4 heteroatoms. The van der Waals surface area contributed by atoms with E-state index in [4.69, 9.17) is 0 Å². The lowest BCUT2D eigenvalue weighted by molar-refractivity contribution is -0.128. The molecule has 1 N–H and O–H groups in total. The van der Waals surface area contributed by atoms with Crippen LogP contribution >= 0.6 is 0 Å². The number of piperidine rings is 1. The molecule has 25 heavy (non-hydrogen) atoms. The first-order chi connectivity index (χ1) is 12.1. The molecule has 138 valence electrons. The molecule has 4 nitrogen and oxygen atoms in total. The lowest BCUT2D eigenvalue weighted by atomic mass is 9.99. The highest BCUT2D eigenvalue weighted by Crippen LogP contribution is 2.23. The molecule has 1 aromatic carbocycles. The van der Waals surface area contributed by atoms with E-state index < -0.39 is 0 Å². The molecule has 0 aliphatic carbocycles. The van der Waals surface area contributed by atoms with E-state index >= 15 is 0 Å². The molecule has 0 saturated carbocycles. The summed E-state index contributed by atoms with van der Waals surface area (Å²) in [4.78, 5) is 17.6. The van der Waals surface area contributed by atoms with Gasteiger partial charge in [-0.25, -0.2) is 0 Å². The van der Waals surface area contributed by atoms with Gasteiger partial charge in [0.25, 0.3) is 0 Å². The number of nitrogens with one attached hydrogen (secondary N) is 1. The third-order valence-corrected chi connectivity index (χ3v) is 5.49. The van der Waals surface area contributed by atoms with Gasteiger partial charge in [0.15, 0.2) is 0 Å². The minimum absolute atomic E-state index is 0.0859. The molecule has 1 aromatic rings. The van der Waals surface area contributed by atoms with Crippen LogP contribution in [0.4, 0.5) is 5.69 Å². The van der Waals surface area contributed by atoms with E-state index in [2.05, 4.69) is 59.3 Å². The minimum atomic E-state index is 0.0859. The Morgan fingerprint density at radius 1 is 1.16 bits per heavy atom. The third kappa shape index (κ3) is 4.97. The molecule has 2 saturated heterocycles. The van der Waals surface area contributed by atoms with Gasteiger partial charge in [-0.05, 0) is 49.8 Å². The standard InChI is InChI=1S/C21H33N3O/c1-17(2)15-24-12-7-6-10-20(24)21(25)22-14-18-11-13-23(16-18)19-8-4-3-5-9-19/h3-5,8-9,17-18,20H,6-7,10-16H2,1-2H3,(H,22,25)/t18-,20+/m1/s1. The first-order valence-corrected chi connectivity index (χ1v) is 9.95. The van der Waals surface area contributed by atoms with Crippen LogP contribution in [0.2, 0.25) is 0 Å². The molecule has 2 aliphatic rings. The number of para-hydroxylation sites is 1. The van der Waals surface area contributed by atoms with Crippen molar-refractivity contribution in [2.75, 3.05) is 37.6 Å². The van der Waals surface area contributed by atoms with Crippen molar-refractivity contribution < 1.29 is 4.79 Å². The fourth-order valence-corrected chi connectivity index (χ4v) is 4.21. The molecule has 2 heterocycles. The second-order valence-corrected chi connectivity index (χ2v) is 8.08. The topological polar surface area (TPSA) is 35.6 Å². The van der Waals surface area contributed by atoms with E-state index in [1.807, 2.05) is 0 Å². The van der Waals surface area contributed by atoms with Gasteiger partial charge in [-0.15, -0.1) is 0 Å². The van der Waals surface area contributed by atoms with Crippen LogP contribution in [0.25, 0.3) is 0 Å². The molecule has 2 fully saturated rings. The van der Waals surface area contributed by atoms with Gasteiger partial charge in [-0.3, -0.25) is 9.69 Å². The molecule has 2 atom stereocenters. The van der Waals surface area contributed by atoms with Crippen molar-refractivity contribution in [2.45, 2.75) is 45.6 Å². The van der Waals surface area contributed by atoms with Crippen LogP contribution in [0, 0.1) is 11.8 Å². The molecule has 2 aliphatic heterocycles. The Balaban J connectivity index is 1.47. The van der Waals surface area contributed by atoms with E-state index in [1.54, 1.807) is 0 Å². The Morgan fingerprint density at radius 2 is 1.96 bits per heavy atom. The lowest BCUT2D eigenvalue weighted by Gasteiger charge is -2.35. The van der Waals surface area contributed by atoms with Crippen LogP contribution < -0.4 is 10.2 Å². The number of hydrogen-bond donors (Lipinski definition) is 1. The van der Waals surface area contributed by atoms with E-state index in [0.717, 1.165) is 45.6 Å². The SMILES string of the molecule is CC(C)CN1CCCC[C@H]1C(=O)NC[C@H]1CCN(c2ccccc2)C1. The minimum Gasteiger partial charge on any atom is -0.371 e. The van der Waals surface area contributed by atoms with Crippen LogP contribution in [0.1, 0.15) is 39.5 Å². The number of rotatable bonds is 6. The Hall–Kier alpha value is -1.55. The van der Waals surface area contributed by atoms with Crippen molar-refractivity contribution >= 4 is 11.6 Å². The molecule has 0 bridgehead atoms. The van der Waals surface area contributed by atoms with E-state index in [0.29, 0.717) is 11.8 Å². The fraction of sp³-hybridized carbons (Fsp3) is 0.667. The first-order valence-electron chi connectivity index (χ1n) is 9.95. The number of likely N-dealkylation sites (tertiary alicyclic amines) is 1. The van der Waals surface area contributed by atoms with Crippen molar-refractivity contribution in [3.63, 3.8) is 0 Å². The van der Waals surface area contributed by atoms with E-state index in [1.165, 1.54) is 18.5 Å². The molecule has 0 radical (unpaired) electrons. The van der Waals surface area contributed by atoms with Gasteiger partial charge in [0.2, 0.25) is 5.91 Å². The van der Waals surface area contributed by atoms with E-state index in [9.17, 15) is 4.79 Å². The predicted octanol–water partition coefficient (Wildman–Crippen LogP) is 3.14. The third-order valence-electron chi connectivity index (χ3n) is 5.49. The van der Waals surface area contributed by atoms with Gasteiger partial charge in [0.1, 0.15) is 0 Å². The van der Waals surface area contributed by atoms with Crippen LogP contribution in [0.3, 0.4) is 0 Å². The molecular formula is C21H33N3O. The van der Waals surface area contributed by atoms with Gasteiger partial charge in [-0.2, -0.15) is 0 Å². The Kier molecular flexibility index (Phi) is 6.35.